The molecule has 1 heterocycles. The highest BCUT2D eigenvalue weighted by molar-refractivity contribution is 9.10. The molecule has 2 atom stereocenters. The monoisotopic (exact) mass is 512 g/mol. The Morgan fingerprint density at radius 1 is 1.29 bits per heavy atom. The topological polar surface area (TPSA) is 119 Å². The third-order valence-electron chi connectivity index (χ3n) is 5.34. The van der Waals surface area contributed by atoms with Gasteiger partial charge in [0, 0.05) is 18.4 Å². The zero-order valence-electron chi connectivity index (χ0n) is 17.9. The van der Waals surface area contributed by atoms with Crippen LogP contribution in [-0.4, -0.2) is 67.7 Å². The fourth-order valence-electron chi connectivity index (χ4n) is 3.20. The maximum absolute atomic E-state index is 12.4. The van der Waals surface area contributed by atoms with Gasteiger partial charge >= 0.3 is 0 Å². The maximum atomic E-state index is 12.4. The van der Waals surface area contributed by atoms with Gasteiger partial charge in [-0.2, -0.15) is 4.98 Å². The number of halogens is 1. The van der Waals surface area contributed by atoms with Crippen molar-refractivity contribution in [1.82, 2.24) is 19.6 Å². The van der Waals surface area contributed by atoms with Gasteiger partial charge in [-0.05, 0) is 79.6 Å². The molecule has 0 aliphatic heterocycles. The molecule has 0 amide bonds. The van der Waals surface area contributed by atoms with E-state index >= 15 is 0 Å². The SMILES string of the molecule is CC1CC1(CO)Nc1nc(Nc2ccc(S(=O)(=O)NCCCN(C)C)cc2)ncc1Br. The normalized spacial score (nSPS) is 20.6. The van der Waals surface area contributed by atoms with Crippen LogP contribution in [0.2, 0.25) is 0 Å². The molecule has 31 heavy (non-hydrogen) atoms. The molecule has 0 spiro atoms. The van der Waals surface area contributed by atoms with Crippen molar-refractivity contribution in [3.05, 3.63) is 34.9 Å². The van der Waals surface area contributed by atoms with Crippen molar-refractivity contribution >= 4 is 43.4 Å². The molecule has 4 N–H and O–H groups in total. The van der Waals surface area contributed by atoms with E-state index in [-0.39, 0.29) is 17.0 Å². The first-order chi connectivity index (χ1) is 14.6. The summed E-state index contributed by atoms with van der Waals surface area (Å²) in [5.41, 5.74) is 0.320. The third kappa shape index (κ3) is 6.13. The van der Waals surface area contributed by atoms with E-state index in [2.05, 4.69) is 48.2 Å². The molecule has 11 heteroatoms. The molecule has 0 saturated heterocycles. The summed E-state index contributed by atoms with van der Waals surface area (Å²) in [7, 11) is 0.351. The largest absolute Gasteiger partial charge is 0.394 e. The highest BCUT2D eigenvalue weighted by atomic mass is 79.9. The first-order valence-electron chi connectivity index (χ1n) is 10.1. The van der Waals surface area contributed by atoms with Crippen LogP contribution in [0.15, 0.2) is 39.8 Å². The van der Waals surface area contributed by atoms with Gasteiger partial charge in [-0.1, -0.05) is 6.92 Å². The second kappa shape index (κ2) is 9.78. The van der Waals surface area contributed by atoms with Crippen LogP contribution >= 0.6 is 15.9 Å². The Morgan fingerprint density at radius 3 is 2.55 bits per heavy atom. The molecular weight excluding hydrogens is 484 g/mol. The van der Waals surface area contributed by atoms with Crippen LogP contribution in [0.25, 0.3) is 0 Å². The lowest BCUT2D eigenvalue weighted by atomic mass is 10.2. The Labute approximate surface area is 191 Å². The van der Waals surface area contributed by atoms with Crippen molar-refractivity contribution < 1.29 is 13.5 Å². The molecule has 1 aliphatic rings. The van der Waals surface area contributed by atoms with Gasteiger partial charge in [-0.25, -0.2) is 18.1 Å². The number of aromatic nitrogens is 2. The minimum atomic E-state index is -3.55. The molecule has 2 aromatic rings. The van der Waals surface area contributed by atoms with E-state index in [0.29, 0.717) is 34.4 Å². The molecule has 1 aliphatic carbocycles. The highest BCUT2D eigenvalue weighted by Gasteiger charge is 2.51. The summed E-state index contributed by atoms with van der Waals surface area (Å²) in [4.78, 5) is 11.0. The zero-order valence-corrected chi connectivity index (χ0v) is 20.3. The van der Waals surface area contributed by atoms with E-state index in [1.165, 1.54) is 0 Å². The second-order valence-corrected chi connectivity index (χ2v) is 10.8. The predicted octanol–water partition coefficient (Wildman–Crippen LogP) is 2.40. The fourth-order valence-corrected chi connectivity index (χ4v) is 4.57. The molecule has 0 bridgehead atoms. The molecule has 1 saturated carbocycles. The summed E-state index contributed by atoms with van der Waals surface area (Å²) in [5.74, 6) is 1.32. The van der Waals surface area contributed by atoms with Gasteiger partial charge in [-0.15, -0.1) is 0 Å². The molecule has 9 nitrogen and oxygen atoms in total. The number of sulfonamides is 1. The number of benzene rings is 1. The van der Waals surface area contributed by atoms with Gasteiger partial charge in [0.25, 0.3) is 0 Å². The summed E-state index contributed by atoms with van der Waals surface area (Å²) in [6.07, 6.45) is 3.24. The number of nitrogens with one attached hydrogen (secondary N) is 3. The van der Waals surface area contributed by atoms with Crippen LogP contribution < -0.4 is 15.4 Å². The summed E-state index contributed by atoms with van der Waals surface area (Å²) < 4.78 is 28.2. The van der Waals surface area contributed by atoms with Crippen LogP contribution in [0.5, 0.6) is 0 Å². The average Bonchev–Trinajstić information content (AvgIpc) is 3.37. The average molecular weight is 513 g/mol. The minimum Gasteiger partial charge on any atom is -0.394 e. The number of rotatable bonds is 11. The van der Waals surface area contributed by atoms with Crippen molar-refractivity contribution in [2.24, 2.45) is 5.92 Å². The summed E-state index contributed by atoms with van der Waals surface area (Å²) in [6, 6.07) is 6.43. The van der Waals surface area contributed by atoms with Crippen LogP contribution in [-0.2, 0) is 10.0 Å². The lowest BCUT2D eigenvalue weighted by Crippen LogP contribution is -2.29. The Kier molecular flexibility index (Phi) is 7.53. The van der Waals surface area contributed by atoms with Gasteiger partial charge in [0.2, 0.25) is 16.0 Å². The number of aliphatic hydroxyl groups excluding tert-OH is 1. The van der Waals surface area contributed by atoms with Crippen molar-refractivity contribution in [3.8, 4) is 0 Å². The molecule has 2 unspecified atom stereocenters. The lowest BCUT2D eigenvalue weighted by Gasteiger charge is -2.18. The molecule has 0 radical (unpaired) electrons. The van der Waals surface area contributed by atoms with E-state index in [1.54, 1.807) is 30.5 Å². The predicted molar refractivity (Wildman–Crippen MR) is 125 cm³/mol. The van der Waals surface area contributed by atoms with Crippen molar-refractivity contribution in [2.45, 2.75) is 30.2 Å². The standard InChI is InChI=1S/C20H29BrN6O3S/c1-14-11-20(14,13-28)26-18-17(21)12-22-19(25-18)24-15-5-7-16(8-6-15)31(29,30)23-9-4-10-27(2)3/h5-8,12,14,23,28H,4,9-11,13H2,1-3H3,(H2,22,24,25,26). The third-order valence-corrected chi connectivity index (χ3v) is 7.40. The van der Waals surface area contributed by atoms with E-state index in [0.717, 1.165) is 19.4 Å². The number of nitrogens with zero attached hydrogens (tertiary/aromatic N) is 3. The molecule has 1 aromatic heterocycles. The Hall–Kier alpha value is -1.79. The summed E-state index contributed by atoms with van der Waals surface area (Å²) >= 11 is 3.44. The maximum Gasteiger partial charge on any atom is 0.240 e. The minimum absolute atomic E-state index is 0.0342. The van der Waals surface area contributed by atoms with Crippen LogP contribution in [0.3, 0.4) is 0 Å². The van der Waals surface area contributed by atoms with E-state index in [1.807, 2.05) is 19.0 Å². The zero-order chi connectivity index (χ0) is 22.6. The van der Waals surface area contributed by atoms with Crippen LogP contribution in [0.1, 0.15) is 19.8 Å². The summed E-state index contributed by atoms with van der Waals surface area (Å²) in [6.45, 7) is 3.31. The quantitative estimate of drug-likeness (QED) is 0.339. The first-order valence-corrected chi connectivity index (χ1v) is 12.4. The number of hydrogen-bond acceptors (Lipinski definition) is 8. The molecule has 1 aromatic carbocycles. The van der Waals surface area contributed by atoms with E-state index in [4.69, 9.17) is 0 Å². The number of anilines is 3. The molecule has 3 rings (SSSR count). The molecule has 1 fully saturated rings. The highest BCUT2D eigenvalue weighted by Crippen LogP contribution is 2.45. The van der Waals surface area contributed by atoms with Crippen molar-refractivity contribution in [1.29, 1.82) is 0 Å². The molecule has 170 valence electrons. The second-order valence-electron chi connectivity index (χ2n) is 8.14. The lowest BCUT2D eigenvalue weighted by molar-refractivity contribution is 0.259. The first kappa shape index (κ1) is 23.9. The number of aliphatic hydroxyl groups is 1. The fraction of sp³-hybridized carbons (Fsp3) is 0.500. The Bertz CT molecular complexity index is 998. The smallest absolute Gasteiger partial charge is 0.240 e. The Morgan fingerprint density at radius 2 is 1.97 bits per heavy atom. The van der Waals surface area contributed by atoms with Gasteiger partial charge in [0.05, 0.1) is 21.5 Å². The van der Waals surface area contributed by atoms with Crippen molar-refractivity contribution in [2.75, 3.05) is 44.4 Å². The van der Waals surface area contributed by atoms with Crippen LogP contribution in [0.4, 0.5) is 17.5 Å². The van der Waals surface area contributed by atoms with E-state index < -0.39 is 10.0 Å². The van der Waals surface area contributed by atoms with E-state index in [9.17, 15) is 13.5 Å². The van der Waals surface area contributed by atoms with Gasteiger partial charge in [0.15, 0.2) is 0 Å². The van der Waals surface area contributed by atoms with Gasteiger partial charge in [0.1, 0.15) is 5.82 Å². The van der Waals surface area contributed by atoms with Gasteiger partial charge < -0.3 is 20.6 Å². The van der Waals surface area contributed by atoms with Crippen LogP contribution in [0, 0.1) is 5.92 Å². The summed E-state index contributed by atoms with van der Waals surface area (Å²) in [5, 5.41) is 16.1. The van der Waals surface area contributed by atoms with Crippen molar-refractivity contribution in [3.63, 3.8) is 0 Å². The van der Waals surface area contributed by atoms with Gasteiger partial charge in [-0.3, -0.25) is 0 Å². The number of hydrogen-bond donors (Lipinski definition) is 4. The molecular formula is C20H29BrN6O3S. The Balaban J connectivity index is 1.64.